The second-order valence-corrected chi connectivity index (χ2v) is 4.13. The SMILES string of the molecule is CCC(C)(O)CNc1ccc([N+](=O)[O-])cc1F. The van der Waals surface area contributed by atoms with Gasteiger partial charge in [-0.1, -0.05) is 6.92 Å². The zero-order valence-electron chi connectivity index (χ0n) is 9.74. The molecule has 0 fully saturated rings. The summed E-state index contributed by atoms with van der Waals surface area (Å²) in [5, 5.41) is 22.9. The van der Waals surface area contributed by atoms with Crippen LogP contribution in [0.4, 0.5) is 15.8 Å². The van der Waals surface area contributed by atoms with Crippen molar-refractivity contribution in [2.75, 3.05) is 11.9 Å². The van der Waals surface area contributed by atoms with E-state index in [1.54, 1.807) is 6.92 Å². The lowest BCUT2D eigenvalue weighted by Crippen LogP contribution is -2.32. The predicted molar refractivity (Wildman–Crippen MR) is 62.5 cm³/mol. The van der Waals surface area contributed by atoms with Crippen molar-refractivity contribution in [3.05, 3.63) is 34.1 Å². The van der Waals surface area contributed by atoms with Crippen LogP contribution in [0.2, 0.25) is 0 Å². The fourth-order valence-electron chi connectivity index (χ4n) is 1.17. The molecule has 0 bridgehead atoms. The lowest BCUT2D eigenvalue weighted by molar-refractivity contribution is -0.385. The zero-order chi connectivity index (χ0) is 13.1. The molecule has 1 aromatic carbocycles. The number of benzene rings is 1. The summed E-state index contributed by atoms with van der Waals surface area (Å²) in [7, 11) is 0. The van der Waals surface area contributed by atoms with Crippen LogP contribution < -0.4 is 5.32 Å². The van der Waals surface area contributed by atoms with E-state index in [-0.39, 0.29) is 17.9 Å². The van der Waals surface area contributed by atoms with Crippen molar-refractivity contribution in [3.63, 3.8) is 0 Å². The molecule has 0 radical (unpaired) electrons. The highest BCUT2D eigenvalue weighted by molar-refractivity contribution is 5.50. The molecule has 17 heavy (non-hydrogen) atoms. The Morgan fingerprint density at radius 3 is 2.71 bits per heavy atom. The molecular formula is C11H15FN2O3. The van der Waals surface area contributed by atoms with Crippen LogP contribution in [0, 0.1) is 15.9 Å². The predicted octanol–water partition coefficient (Wildman–Crippen LogP) is 2.31. The van der Waals surface area contributed by atoms with Crippen LogP contribution >= 0.6 is 0 Å². The van der Waals surface area contributed by atoms with Gasteiger partial charge in [-0.2, -0.15) is 0 Å². The van der Waals surface area contributed by atoms with Gasteiger partial charge in [-0.05, 0) is 19.4 Å². The lowest BCUT2D eigenvalue weighted by Gasteiger charge is -2.22. The minimum absolute atomic E-state index is 0.143. The van der Waals surface area contributed by atoms with E-state index in [0.29, 0.717) is 6.42 Å². The number of nitrogens with zero attached hydrogens (tertiary/aromatic N) is 1. The Bertz CT molecular complexity index is 421. The topological polar surface area (TPSA) is 75.4 Å². The number of nitrogens with one attached hydrogen (secondary N) is 1. The van der Waals surface area contributed by atoms with Gasteiger partial charge in [0.05, 0.1) is 22.3 Å². The van der Waals surface area contributed by atoms with Gasteiger partial charge in [0.25, 0.3) is 5.69 Å². The standard InChI is InChI=1S/C11H15FN2O3/c1-3-11(2,15)7-13-10-5-4-8(14(16)17)6-9(10)12/h4-6,13,15H,3,7H2,1-2H3. The number of non-ortho nitro benzene ring substituents is 1. The molecular weight excluding hydrogens is 227 g/mol. The van der Waals surface area contributed by atoms with Gasteiger partial charge in [0.2, 0.25) is 0 Å². The third-order valence-corrected chi connectivity index (χ3v) is 2.58. The summed E-state index contributed by atoms with van der Waals surface area (Å²) in [4.78, 5) is 9.75. The molecule has 2 N–H and O–H groups in total. The minimum Gasteiger partial charge on any atom is -0.388 e. The first kappa shape index (κ1) is 13.4. The Labute approximate surface area is 98.4 Å². The van der Waals surface area contributed by atoms with Gasteiger partial charge in [0, 0.05) is 12.6 Å². The van der Waals surface area contributed by atoms with Crippen LogP contribution in [0.3, 0.4) is 0 Å². The highest BCUT2D eigenvalue weighted by Crippen LogP contribution is 2.21. The Balaban J connectivity index is 2.77. The van der Waals surface area contributed by atoms with E-state index in [4.69, 9.17) is 0 Å². The maximum absolute atomic E-state index is 13.4. The highest BCUT2D eigenvalue weighted by atomic mass is 19.1. The summed E-state index contributed by atoms with van der Waals surface area (Å²) in [6.45, 7) is 3.62. The van der Waals surface area contributed by atoms with Crippen LogP contribution in [0.25, 0.3) is 0 Å². The summed E-state index contributed by atoms with van der Waals surface area (Å²) < 4.78 is 13.4. The summed E-state index contributed by atoms with van der Waals surface area (Å²) >= 11 is 0. The van der Waals surface area contributed by atoms with Crippen LogP contribution in [0.15, 0.2) is 18.2 Å². The fourth-order valence-corrected chi connectivity index (χ4v) is 1.17. The largest absolute Gasteiger partial charge is 0.388 e. The Morgan fingerprint density at radius 1 is 1.59 bits per heavy atom. The molecule has 5 nitrogen and oxygen atoms in total. The smallest absolute Gasteiger partial charge is 0.272 e. The van der Waals surface area contributed by atoms with Gasteiger partial charge >= 0.3 is 0 Å². The molecule has 0 heterocycles. The van der Waals surface area contributed by atoms with Crippen LogP contribution in [-0.4, -0.2) is 22.2 Å². The molecule has 0 aromatic heterocycles. The Hall–Kier alpha value is -1.69. The van der Waals surface area contributed by atoms with Crippen molar-refractivity contribution < 1.29 is 14.4 Å². The second-order valence-electron chi connectivity index (χ2n) is 4.13. The van der Waals surface area contributed by atoms with Gasteiger partial charge in [0.15, 0.2) is 5.82 Å². The summed E-state index contributed by atoms with van der Waals surface area (Å²) in [5.41, 5.74) is -1.09. The van der Waals surface area contributed by atoms with E-state index < -0.39 is 16.3 Å². The lowest BCUT2D eigenvalue weighted by atomic mass is 10.0. The number of nitro groups is 1. The van der Waals surface area contributed by atoms with Gasteiger partial charge in [0.1, 0.15) is 0 Å². The third-order valence-electron chi connectivity index (χ3n) is 2.58. The monoisotopic (exact) mass is 242 g/mol. The molecule has 94 valence electrons. The van der Waals surface area contributed by atoms with Gasteiger partial charge in [-0.25, -0.2) is 4.39 Å². The van der Waals surface area contributed by atoms with E-state index in [0.717, 1.165) is 6.07 Å². The molecule has 0 aliphatic carbocycles. The Kier molecular flexibility index (Phi) is 4.01. The van der Waals surface area contributed by atoms with Crippen molar-refractivity contribution in [1.82, 2.24) is 0 Å². The molecule has 1 rings (SSSR count). The number of halogens is 1. The number of hydrogen-bond acceptors (Lipinski definition) is 4. The van der Waals surface area contributed by atoms with Crippen molar-refractivity contribution in [2.24, 2.45) is 0 Å². The summed E-state index contributed by atoms with van der Waals surface area (Å²) in [6.07, 6.45) is 0.522. The number of rotatable bonds is 5. The molecule has 1 aromatic rings. The summed E-state index contributed by atoms with van der Waals surface area (Å²) in [5.74, 6) is -0.703. The maximum Gasteiger partial charge on any atom is 0.272 e. The van der Waals surface area contributed by atoms with Crippen molar-refractivity contribution in [3.8, 4) is 0 Å². The van der Waals surface area contributed by atoms with Gasteiger partial charge in [-0.15, -0.1) is 0 Å². The number of aliphatic hydroxyl groups is 1. The number of nitro benzene ring substituents is 1. The molecule has 6 heteroatoms. The van der Waals surface area contributed by atoms with Crippen molar-refractivity contribution in [1.29, 1.82) is 0 Å². The second kappa shape index (κ2) is 5.09. The van der Waals surface area contributed by atoms with Crippen molar-refractivity contribution in [2.45, 2.75) is 25.9 Å². The number of hydrogen-bond donors (Lipinski definition) is 2. The first-order valence-electron chi connectivity index (χ1n) is 5.26. The molecule has 1 unspecified atom stereocenters. The molecule has 0 aliphatic rings. The first-order valence-corrected chi connectivity index (χ1v) is 5.26. The highest BCUT2D eigenvalue weighted by Gasteiger charge is 2.18. The third kappa shape index (κ3) is 3.67. The van der Waals surface area contributed by atoms with E-state index in [1.807, 2.05) is 6.92 Å². The molecule has 0 amide bonds. The first-order chi connectivity index (χ1) is 7.85. The molecule has 0 saturated carbocycles. The normalized spacial score (nSPS) is 14.1. The minimum atomic E-state index is -0.936. The molecule has 0 spiro atoms. The summed E-state index contributed by atoms with van der Waals surface area (Å²) in [6, 6.07) is 3.36. The quantitative estimate of drug-likeness (QED) is 0.613. The number of anilines is 1. The van der Waals surface area contributed by atoms with Crippen LogP contribution in [0.5, 0.6) is 0 Å². The zero-order valence-corrected chi connectivity index (χ0v) is 9.74. The van der Waals surface area contributed by atoms with Crippen LogP contribution in [0.1, 0.15) is 20.3 Å². The average molecular weight is 242 g/mol. The van der Waals surface area contributed by atoms with E-state index in [1.165, 1.54) is 12.1 Å². The molecule has 0 aliphatic heterocycles. The van der Waals surface area contributed by atoms with Gasteiger partial charge < -0.3 is 10.4 Å². The maximum atomic E-state index is 13.4. The fraction of sp³-hybridized carbons (Fsp3) is 0.455. The molecule has 0 saturated heterocycles. The van der Waals surface area contributed by atoms with E-state index >= 15 is 0 Å². The van der Waals surface area contributed by atoms with Gasteiger partial charge in [-0.3, -0.25) is 10.1 Å². The molecule has 1 atom stereocenters. The van der Waals surface area contributed by atoms with E-state index in [2.05, 4.69) is 5.32 Å². The van der Waals surface area contributed by atoms with Crippen molar-refractivity contribution >= 4 is 11.4 Å². The Morgan fingerprint density at radius 2 is 2.24 bits per heavy atom. The van der Waals surface area contributed by atoms with E-state index in [9.17, 15) is 19.6 Å². The average Bonchev–Trinajstić information content (AvgIpc) is 2.27. The van der Waals surface area contributed by atoms with Crippen LogP contribution in [-0.2, 0) is 0 Å².